The van der Waals surface area contributed by atoms with Crippen LogP contribution in [-0.2, 0) is 34.5 Å². The molecule has 22 heteroatoms. The second-order valence-corrected chi connectivity index (χ2v) is 13.6. The Balaban J connectivity index is 1.48. The van der Waals surface area contributed by atoms with E-state index in [-0.39, 0.29) is 27.3 Å². The largest absolute Gasteiger partial charge is 0.479 e. The number of amides is 1. The van der Waals surface area contributed by atoms with Crippen molar-refractivity contribution in [1.29, 1.82) is 0 Å². The SMILES string of the molecule is O=C(O)C(c1csc(Nc2ccc(Cl)c(C(F)(F)F)c2)n1)N(C(=O)Cc1csc(Nc2ccc(Cl)c(C(F)(F)F)c2)n1)c1ccc(Cl)c(C(F)(F)F)c1. The van der Waals surface area contributed by atoms with E-state index in [1.54, 1.807) is 0 Å². The first-order chi connectivity index (χ1) is 24.6. The fraction of sp³-hybridized carbons (Fsp3) is 0.161. The first-order valence-corrected chi connectivity index (χ1v) is 17.1. The highest BCUT2D eigenvalue weighted by molar-refractivity contribution is 7.14. The van der Waals surface area contributed by atoms with Crippen LogP contribution in [0.2, 0.25) is 15.1 Å². The number of hydrogen-bond donors (Lipinski definition) is 3. The number of aliphatic carboxylic acids is 1. The van der Waals surface area contributed by atoms with Gasteiger partial charge in [0.05, 0.1) is 49.6 Å². The van der Waals surface area contributed by atoms with Crippen LogP contribution in [0.25, 0.3) is 0 Å². The lowest BCUT2D eigenvalue weighted by Gasteiger charge is -2.29. The summed E-state index contributed by atoms with van der Waals surface area (Å²) in [6, 6.07) is 5.94. The Morgan fingerprint density at radius 1 is 0.698 bits per heavy atom. The number of benzene rings is 3. The predicted octanol–water partition coefficient (Wildman–Crippen LogP) is 11.5. The van der Waals surface area contributed by atoms with Crippen LogP contribution in [0.1, 0.15) is 34.1 Å². The van der Waals surface area contributed by atoms with Gasteiger partial charge in [-0.1, -0.05) is 34.8 Å². The summed E-state index contributed by atoms with van der Waals surface area (Å²) in [4.78, 5) is 35.4. The molecule has 280 valence electrons. The molecule has 2 aromatic heterocycles. The Morgan fingerprint density at radius 2 is 1.15 bits per heavy atom. The Bertz CT molecular complexity index is 2170. The van der Waals surface area contributed by atoms with Crippen molar-refractivity contribution in [3.63, 3.8) is 0 Å². The van der Waals surface area contributed by atoms with Gasteiger partial charge in [0.2, 0.25) is 5.91 Å². The van der Waals surface area contributed by atoms with Gasteiger partial charge in [-0.25, -0.2) is 14.8 Å². The number of carbonyl (C=O) groups is 2. The molecule has 0 aliphatic carbocycles. The molecule has 0 aliphatic heterocycles. The zero-order valence-corrected chi connectivity index (χ0v) is 29.5. The minimum Gasteiger partial charge on any atom is -0.479 e. The van der Waals surface area contributed by atoms with Crippen LogP contribution >= 0.6 is 57.5 Å². The number of aromatic nitrogens is 2. The van der Waals surface area contributed by atoms with E-state index in [0.717, 1.165) is 47.0 Å². The highest BCUT2D eigenvalue weighted by Crippen LogP contribution is 2.41. The second kappa shape index (κ2) is 15.2. The molecule has 0 spiro atoms. The maximum Gasteiger partial charge on any atom is 0.417 e. The molecule has 0 radical (unpaired) electrons. The van der Waals surface area contributed by atoms with Crippen molar-refractivity contribution in [1.82, 2.24) is 9.97 Å². The molecule has 8 nitrogen and oxygen atoms in total. The molecule has 0 saturated carbocycles. The number of carboxylic acids is 1. The van der Waals surface area contributed by atoms with Gasteiger partial charge in [-0.2, -0.15) is 39.5 Å². The molecule has 1 unspecified atom stereocenters. The van der Waals surface area contributed by atoms with Gasteiger partial charge >= 0.3 is 24.5 Å². The van der Waals surface area contributed by atoms with Crippen molar-refractivity contribution >= 4 is 96.7 Å². The Kier molecular flexibility index (Phi) is 11.5. The fourth-order valence-electron chi connectivity index (χ4n) is 4.73. The Hall–Kier alpha value is -4.30. The first-order valence-electron chi connectivity index (χ1n) is 14.2. The van der Waals surface area contributed by atoms with E-state index in [0.29, 0.717) is 28.4 Å². The molecule has 3 aromatic carbocycles. The average molecular weight is 849 g/mol. The van der Waals surface area contributed by atoms with Crippen LogP contribution < -0.4 is 15.5 Å². The quantitative estimate of drug-likeness (QED) is 0.120. The molecule has 53 heavy (non-hydrogen) atoms. The monoisotopic (exact) mass is 847 g/mol. The van der Waals surface area contributed by atoms with Gasteiger partial charge < -0.3 is 15.7 Å². The van der Waals surface area contributed by atoms with Crippen LogP contribution in [0.5, 0.6) is 0 Å². The van der Waals surface area contributed by atoms with E-state index in [2.05, 4.69) is 20.6 Å². The third-order valence-corrected chi connectivity index (χ3v) is 9.60. The van der Waals surface area contributed by atoms with Crippen LogP contribution in [0.4, 0.5) is 66.8 Å². The number of anilines is 5. The van der Waals surface area contributed by atoms with E-state index in [1.807, 2.05) is 0 Å². The van der Waals surface area contributed by atoms with Crippen molar-refractivity contribution in [3.05, 3.63) is 109 Å². The number of carboxylic acid groups (broad SMARTS) is 1. The van der Waals surface area contributed by atoms with Crippen LogP contribution in [0.3, 0.4) is 0 Å². The number of nitrogens with one attached hydrogen (secondary N) is 2. The number of nitrogens with zero attached hydrogens (tertiary/aromatic N) is 3. The van der Waals surface area contributed by atoms with Crippen molar-refractivity contribution in [3.8, 4) is 0 Å². The summed E-state index contributed by atoms with van der Waals surface area (Å²) < 4.78 is 122. The number of halogens is 12. The molecule has 3 N–H and O–H groups in total. The highest BCUT2D eigenvalue weighted by Gasteiger charge is 2.39. The summed E-state index contributed by atoms with van der Waals surface area (Å²) in [7, 11) is 0. The van der Waals surface area contributed by atoms with Crippen LogP contribution in [0.15, 0.2) is 65.4 Å². The predicted molar refractivity (Wildman–Crippen MR) is 182 cm³/mol. The van der Waals surface area contributed by atoms with Gasteiger partial charge in [0.25, 0.3) is 0 Å². The lowest BCUT2D eigenvalue weighted by molar-refractivity contribution is -0.140. The molecule has 5 rings (SSSR count). The Morgan fingerprint density at radius 3 is 1.64 bits per heavy atom. The van der Waals surface area contributed by atoms with Gasteiger partial charge in [-0.15, -0.1) is 22.7 Å². The van der Waals surface area contributed by atoms with E-state index < -0.39 is 86.0 Å². The number of alkyl halides is 9. The van der Waals surface area contributed by atoms with Crippen LogP contribution in [-0.4, -0.2) is 27.0 Å². The first kappa shape index (κ1) is 39.9. The average Bonchev–Trinajstić information content (AvgIpc) is 3.69. The number of thiazole rings is 2. The standard InChI is InChI=1S/C31H17Cl3F9N5O3S2/c32-20-4-1-13(7-17(20)29(35,36)37)44-27-46-15(11-52-27)9-24(49)48(16-3-6-22(34)19(10-16)31(41,42)43)25(26(50)51)23-12-53-28(47-23)45-14-2-5-21(33)18(8-14)30(38,39)40/h1-8,10-12,25H,9H2,(H,44,46)(H,45,47)(H,50,51). The number of carbonyl (C=O) groups excluding carboxylic acids is 1. The summed E-state index contributed by atoms with van der Waals surface area (Å²) in [5, 5.41) is 15.9. The second-order valence-electron chi connectivity index (χ2n) is 10.7. The van der Waals surface area contributed by atoms with Gasteiger partial charge in [-0.3, -0.25) is 9.69 Å². The van der Waals surface area contributed by atoms with Crippen molar-refractivity contribution in [2.75, 3.05) is 15.5 Å². The van der Waals surface area contributed by atoms with Gasteiger partial charge in [0, 0.05) is 27.8 Å². The molecule has 0 aliphatic rings. The highest BCUT2D eigenvalue weighted by atomic mass is 35.5. The molecule has 0 saturated heterocycles. The van der Waals surface area contributed by atoms with E-state index in [4.69, 9.17) is 34.8 Å². The lowest BCUT2D eigenvalue weighted by Crippen LogP contribution is -2.40. The molecule has 2 heterocycles. The summed E-state index contributed by atoms with van der Waals surface area (Å²) in [6.07, 6.45) is -15.3. The van der Waals surface area contributed by atoms with Gasteiger partial charge in [-0.05, 0) is 54.6 Å². The van der Waals surface area contributed by atoms with Crippen molar-refractivity contribution in [2.45, 2.75) is 31.0 Å². The summed E-state index contributed by atoms with van der Waals surface area (Å²) >= 11 is 18.7. The van der Waals surface area contributed by atoms with E-state index in [9.17, 15) is 54.2 Å². The number of rotatable bonds is 10. The van der Waals surface area contributed by atoms with E-state index >= 15 is 0 Å². The van der Waals surface area contributed by atoms with Crippen LogP contribution in [0, 0.1) is 0 Å². The Labute approximate surface area is 314 Å². The topological polar surface area (TPSA) is 107 Å². The smallest absolute Gasteiger partial charge is 0.417 e. The summed E-state index contributed by atoms with van der Waals surface area (Å²) in [6.45, 7) is 0. The third-order valence-electron chi connectivity index (χ3n) is 7.03. The summed E-state index contributed by atoms with van der Waals surface area (Å²) in [5.41, 5.74) is -4.92. The maximum absolute atomic E-state index is 13.9. The molecule has 1 amide bonds. The maximum atomic E-state index is 13.9. The van der Waals surface area contributed by atoms with Gasteiger partial charge in [0.1, 0.15) is 0 Å². The molecular weight excluding hydrogens is 832 g/mol. The molecule has 1 atom stereocenters. The minimum absolute atomic E-state index is 0.00142. The van der Waals surface area contributed by atoms with Crippen molar-refractivity contribution in [2.24, 2.45) is 0 Å². The number of hydrogen-bond acceptors (Lipinski definition) is 8. The normalized spacial score (nSPS) is 12.8. The van der Waals surface area contributed by atoms with E-state index in [1.165, 1.54) is 17.5 Å². The zero-order valence-electron chi connectivity index (χ0n) is 25.6. The molecular formula is C31H17Cl3F9N5O3S2. The lowest BCUT2D eigenvalue weighted by atomic mass is 10.1. The molecule has 5 aromatic rings. The minimum atomic E-state index is -5.03. The van der Waals surface area contributed by atoms with Gasteiger partial charge in [0.15, 0.2) is 16.3 Å². The zero-order chi connectivity index (χ0) is 39.0. The molecule has 0 bridgehead atoms. The third kappa shape index (κ3) is 9.45. The summed E-state index contributed by atoms with van der Waals surface area (Å²) in [5.74, 6) is -2.86. The fourth-order valence-corrected chi connectivity index (χ4v) is 6.88. The molecule has 0 fully saturated rings. The van der Waals surface area contributed by atoms with Crippen molar-refractivity contribution < 1.29 is 54.2 Å².